The lowest BCUT2D eigenvalue weighted by atomic mass is 10.2. The fraction of sp³-hybridized carbons (Fsp3) is 0.238. The summed E-state index contributed by atoms with van der Waals surface area (Å²) in [6, 6.07) is 15.5. The number of nitrogens with zero attached hydrogens (tertiary/aromatic N) is 1. The number of nitrogens with one attached hydrogen (secondary N) is 1. The Kier molecular flexibility index (Phi) is 6.21. The van der Waals surface area contributed by atoms with Gasteiger partial charge in [-0.1, -0.05) is 36.4 Å². The Morgan fingerprint density at radius 3 is 2.63 bits per heavy atom. The summed E-state index contributed by atoms with van der Waals surface area (Å²) in [6.07, 6.45) is 0. The molecule has 27 heavy (non-hydrogen) atoms. The molecule has 1 amide bonds. The number of rotatable bonds is 7. The average molecular weight is 382 g/mol. The van der Waals surface area contributed by atoms with Gasteiger partial charge in [0.1, 0.15) is 22.2 Å². The van der Waals surface area contributed by atoms with Crippen LogP contribution in [0.1, 0.15) is 20.9 Å². The van der Waals surface area contributed by atoms with E-state index in [0.29, 0.717) is 35.2 Å². The Hall–Kier alpha value is -2.70. The van der Waals surface area contributed by atoms with Gasteiger partial charge in [-0.3, -0.25) is 4.79 Å². The van der Waals surface area contributed by atoms with E-state index in [9.17, 15) is 4.79 Å². The number of ether oxygens (including phenoxy) is 2. The van der Waals surface area contributed by atoms with E-state index in [1.54, 1.807) is 7.11 Å². The average Bonchev–Trinajstić information content (AvgIpc) is 3.06. The molecule has 0 saturated carbocycles. The molecule has 0 aliphatic rings. The molecule has 0 bridgehead atoms. The van der Waals surface area contributed by atoms with E-state index in [1.807, 2.05) is 62.4 Å². The summed E-state index contributed by atoms with van der Waals surface area (Å²) in [6.45, 7) is 4.73. The molecule has 0 atom stereocenters. The van der Waals surface area contributed by atoms with Gasteiger partial charge in [0.2, 0.25) is 0 Å². The topological polar surface area (TPSA) is 60.5 Å². The normalized spacial score (nSPS) is 10.6. The minimum atomic E-state index is -0.187. The predicted octanol–water partition coefficient (Wildman–Crippen LogP) is 4.70. The number of aryl methyl sites for hydroxylation is 2. The number of methoxy groups -OCH3 is 1. The number of anilines is 1. The summed E-state index contributed by atoms with van der Waals surface area (Å²) >= 11 is 1.39. The van der Waals surface area contributed by atoms with Gasteiger partial charge >= 0.3 is 0 Å². The largest absolute Gasteiger partial charge is 0.489 e. The Morgan fingerprint density at radius 2 is 1.89 bits per heavy atom. The van der Waals surface area contributed by atoms with Crippen molar-refractivity contribution in [3.8, 4) is 16.3 Å². The van der Waals surface area contributed by atoms with E-state index in [4.69, 9.17) is 9.47 Å². The number of benzene rings is 2. The van der Waals surface area contributed by atoms with E-state index in [0.717, 1.165) is 16.1 Å². The van der Waals surface area contributed by atoms with Crippen LogP contribution in [-0.2, 0) is 4.74 Å². The number of hydrogen-bond acceptors (Lipinski definition) is 5. The summed E-state index contributed by atoms with van der Waals surface area (Å²) in [5.41, 5.74) is 3.41. The summed E-state index contributed by atoms with van der Waals surface area (Å²) in [5, 5.41) is 3.78. The lowest BCUT2D eigenvalue weighted by Crippen LogP contribution is -2.13. The number of carbonyl (C=O) groups is 1. The molecular weight excluding hydrogens is 360 g/mol. The van der Waals surface area contributed by atoms with Gasteiger partial charge < -0.3 is 14.8 Å². The second kappa shape index (κ2) is 8.79. The Balaban J connectivity index is 1.81. The molecule has 3 aromatic rings. The third-order valence-corrected chi connectivity index (χ3v) is 5.16. The summed E-state index contributed by atoms with van der Waals surface area (Å²) in [7, 11) is 1.62. The van der Waals surface area contributed by atoms with Gasteiger partial charge in [-0.2, -0.15) is 0 Å². The molecule has 0 aliphatic carbocycles. The molecule has 1 N–H and O–H groups in total. The third-order valence-electron chi connectivity index (χ3n) is 3.95. The van der Waals surface area contributed by atoms with Crippen LogP contribution in [0.4, 0.5) is 5.69 Å². The van der Waals surface area contributed by atoms with Gasteiger partial charge in [0.05, 0.1) is 18.0 Å². The zero-order valence-electron chi connectivity index (χ0n) is 15.6. The Labute approximate surface area is 163 Å². The monoisotopic (exact) mass is 382 g/mol. The van der Waals surface area contributed by atoms with Crippen LogP contribution in [0.2, 0.25) is 0 Å². The fourth-order valence-corrected chi connectivity index (χ4v) is 3.54. The van der Waals surface area contributed by atoms with Gasteiger partial charge in [-0.15, -0.1) is 11.3 Å². The first kappa shape index (κ1) is 19.1. The Bertz CT molecular complexity index is 922. The van der Waals surface area contributed by atoms with Crippen LogP contribution in [0.3, 0.4) is 0 Å². The van der Waals surface area contributed by atoms with E-state index in [2.05, 4.69) is 10.3 Å². The summed E-state index contributed by atoms with van der Waals surface area (Å²) in [5.74, 6) is 0.443. The number of carbonyl (C=O) groups excluding carboxylic acids is 1. The van der Waals surface area contributed by atoms with Crippen LogP contribution in [0, 0.1) is 13.8 Å². The molecule has 6 heteroatoms. The molecule has 1 aromatic heterocycles. The van der Waals surface area contributed by atoms with Crippen LogP contribution in [0.25, 0.3) is 10.6 Å². The molecule has 0 aliphatic heterocycles. The van der Waals surface area contributed by atoms with Crippen molar-refractivity contribution in [3.63, 3.8) is 0 Å². The number of amides is 1. The van der Waals surface area contributed by atoms with E-state index >= 15 is 0 Å². The van der Waals surface area contributed by atoms with Gasteiger partial charge in [0.15, 0.2) is 0 Å². The number of hydrogen-bond donors (Lipinski definition) is 1. The van der Waals surface area contributed by atoms with Crippen molar-refractivity contribution in [1.29, 1.82) is 0 Å². The quantitative estimate of drug-likeness (QED) is 0.602. The molecule has 1 heterocycles. The van der Waals surface area contributed by atoms with Gasteiger partial charge in [-0.05, 0) is 31.5 Å². The highest BCUT2D eigenvalue weighted by Crippen LogP contribution is 2.30. The van der Waals surface area contributed by atoms with E-state index in [1.165, 1.54) is 11.3 Å². The molecule has 0 fully saturated rings. The number of thiazole rings is 1. The minimum absolute atomic E-state index is 0.187. The van der Waals surface area contributed by atoms with Crippen molar-refractivity contribution >= 4 is 22.9 Å². The SMILES string of the molecule is COCCOc1cc(C)ccc1NC(=O)c1sc(-c2ccccc2)nc1C. The second-order valence-corrected chi connectivity index (χ2v) is 7.09. The predicted molar refractivity (Wildman–Crippen MR) is 109 cm³/mol. The first-order chi connectivity index (χ1) is 13.1. The fourth-order valence-electron chi connectivity index (χ4n) is 2.58. The van der Waals surface area contributed by atoms with Crippen LogP contribution >= 0.6 is 11.3 Å². The van der Waals surface area contributed by atoms with Crippen molar-refractivity contribution < 1.29 is 14.3 Å². The molecule has 0 radical (unpaired) electrons. The maximum absolute atomic E-state index is 12.8. The highest BCUT2D eigenvalue weighted by molar-refractivity contribution is 7.17. The Morgan fingerprint density at radius 1 is 1.11 bits per heavy atom. The van der Waals surface area contributed by atoms with Gasteiger partial charge in [0, 0.05) is 12.7 Å². The van der Waals surface area contributed by atoms with Crippen molar-refractivity contribution in [1.82, 2.24) is 4.98 Å². The summed E-state index contributed by atoms with van der Waals surface area (Å²) in [4.78, 5) is 18.0. The molecule has 0 saturated heterocycles. The first-order valence-electron chi connectivity index (χ1n) is 8.65. The molecular formula is C21H22N2O3S. The lowest BCUT2D eigenvalue weighted by Gasteiger charge is -2.13. The van der Waals surface area contributed by atoms with Crippen molar-refractivity contribution in [2.45, 2.75) is 13.8 Å². The van der Waals surface area contributed by atoms with Crippen molar-refractivity contribution in [3.05, 3.63) is 64.7 Å². The molecule has 140 valence electrons. The van der Waals surface area contributed by atoms with E-state index < -0.39 is 0 Å². The van der Waals surface area contributed by atoms with Gasteiger partial charge in [0.25, 0.3) is 5.91 Å². The van der Waals surface area contributed by atoms with Crippen LogP contribution in [0.5, 0.6) is 5.75 Å². The minimum Gasteiger partial charge on any atom is -0.489 e. The molecule has 0 spiro atoms. The first-order valence-corrected chi connectivity index (χ1v) is 9.46. The van der Waals surface area contributed by atoms with Crippen LogP contribution in [0.15, 0.2) is 48.5 Å². The second-order valence-electron chi connectivity index (χ2n) is 6.09. The third kappa shape index (κ3) is 4.72. The maximum atomic E-state index is 12.8. The number of aromatic nitrogens is 1. The zero-order chi connectivity index (χ0) is 19.2. The van der Waals surface area contributed by atoms with Crippen molar-refractivity contribution in [2.75, 3.05) is 25.6 Å². The standard InChI is InChI=1S/C21H22N2O3S/c1-14-9-10-17(18(13-14)26-12-11-25-3)23-20(24)19-15(2)22-21(27-19)16-7-5-4-6-8-16/h4-10,13H,11-12H2,1-3H3,(H,23,24). The molecule has 5 nitrogen and oxygen atoms in total. The van der Waals surface area contributed by atoms with E-state index in [-0.39, 0.29) is 5.91 Å². The van der Waals surface area contributed by atoms with Crippen molar-refractivity contribution in [2.24, 2.45) is 0 Å². The van der Waals surface area contributed by atoms with Crippen LogP contribution in [-0.4, -0.2) is 31.2 Å². The maximum Gasteiger partial charge on any atom is 0.267 e. The van der Waals surface area contributed by atoms with Crippen LogP contribution < -0.4 is 10.1 Å². The molecule has 2 aromatic carbocycles. The summed E-state index contributed by atoms with van der Waals surface area (Å²) < 4.78 is 10.8. The molecule has 3 rings (SSSR count). The van der Waals surface area contributed by atoms with Gasteiger partial charge in [-0.25, -0.2) is 4.98 Å². The molecule has 0 unspecified atom stereocenters. The zero-order valence-corrected chi connectivity index (χ0v) is 16.4. The highest BCUT2D eigenvalue weighted by atomic mass is 32.1. The highest BCUT2D eigenvalue weighted by Gasteiger charge is 2.18. The smallest absolute Gasteiger partial charge is 0.267 e. The lowest BCUT2D eigenvalue weighted by molar-refractivity contribution is 0.102.